The maximum Gasteiger partial charge on any atom is 0.333 e. The Morgan fingerprint density at radius 3 is 2.52 bits per heavy atom. The van der Waals surface area contributed by atoms with Crippen LogP contribution in [-0.2, 0) is 14.3 Å². The van der Waals surface area contributed by atoms with Crippen LogP contribution < -0.4 is 0 Å². The lowest BCUT2D eigenvalue weighted by Crippen LogP contribution is -2.36. The van der Waals surface area contributed by atoms with Crippen LogP contribution in [0.4, 0.5) is 0 Å². The predicted molar refractivity (Wildman–Crippen MR) is 84.3 cm³/mol. The van der Waals surface area contributed by atoms with Gasteiger partial charge in [-0.25, -0.2) is 4.79 Å². The number of aliphatic hydroxyl groups is 1. The smallest absolute Gasteiger partial charge is 0.333 e. The fourth-order valence-corrected chi connectivity index (χ4v) is 6.66. The molecule has 0 heterocycles. The number of carbonyl (C=O) groups is 2. The Morgan fingerprint density at radius 2 is 1.91 bits per heavy atom. The first-order valence-electron chi connectivity index (χ1n) is 8.91. The van der Waals surface area contributed by atoms with Crippen LogP contribution in [0.3, 0.4) is 0 Å². The Bertz CT molecular complexity index is 556. The highest BCUT2D eigenvalue weighted by molar-refractivity contribution is 5.87. The zero-order valence-corrected chi connectivity index (χ0v) is 13.7. The van der Waals surface area contributed by atoms with Crippen molar-refractivity contribution in [3.05, 3.63) is 12.2 Å². The van der Waals surface area contributed by atoms with E-state index >= 15 is 0 Å². The molecule has 0 radical (unpaired) electrons. The summed E-state index contributed by atoms with van der Waals surface area (Å²) in [6, 6.07) is 0. The van der Waals surface area contributed by atoms with E-state index in [-0.39, 0.29) is 18.7 Å². The number of aldehydes is 1. The fourth-order valence-electron chi connectivity index (χ4n) is 6.66. The van der Waals surface area contributed by atoms with E-state index in [4.69, 9.17) is 4.74 Å². The van der Waals surface area contributed by atoms with E-state index in [0.717, 1.165) is 25.5 Å². The molecule has 0 aromatic rings. The SMILES string of the molecule is C=C(C)C(=O)OC1CC2CC1C1C3CC(CC(C=O)(CO)C3)C21. The zero-order valence-electron chi connectivity index (χ0n) is 13.7. The Morgan fingerprint density at radius 1 is 1.22 bits per heavy atom. The number of hydrogen-bond donors (Lipinski definition) is 1. The van der Waals surface area contributed by atoms with Gasteiger partial charge in [-0.2, -0.15) is 0 Å². The summed E-state index contributed by atoms with van der Waals surface area (Å²) in [6.07, 6.45) is 6.04. The van der Waals surface area contributed by atoms with Crippen molar-refractivity contribution in [3.63, 3.8) is 0 Å². The lowest BCUT2D eigenvalue weighted by atomic mass is 9.68. The molecule has 4 aliphatic rings. The van der Waals surface area contributed by atoms with Crippen molar-refractivity contribution in [1.29, 1.82) is 0 Å². The summed E-state index contributed by atoms with van der Waals surface area (Å²) in [7, 11) is 0. The number of carbonyl (C=O) groups excluding carboxylic acids is 2. The summed E-state index contributed by atoms with van der Waals surface area (Å²) in [5.74, 6) is 3.15. The molecule has 4 fully saturated rings. The summed E-state index contributed by atoms with van der Waals surface area (Å²) < 4.78 is 5.71. The second-order valence-corrected chi connectivity index (χ2v) is 8.58. The van der Waals surface area contributed by atoms with Gasteiger partial charge in [0.2, 0.25) is 0 Å². The molecule has 0 aromatic carbocycles. The quantitative estimate of drug-likeness (QED) is 0.374. The molecule has 1 N–H and O–H groups in total. The van der Waals surface area contributed by atoms with E-state index in [2.05, 4.69) is 6.58 Å². The maximum atomic E-state index is 11.9. The summed E-state index contributed by atoms with van der Waals surface area (Å²) in [5.41, 5.74) is -0.0453. The molecule has 4 heteroatoms. The van der Waals surface area contributed by atoms with E-state index in [0.29, 0.717) is 41.1 Å². The molecule has 0 aromatic heterocycles. The summed E-state index contributed by atoms with van der Waals surface area (Å²) in [4.78, 5) is 23.5. The van der Waals surface area contributed by atoms with Gasteiger partial charge in [-0.1, -0.05) is 6.58 Å². The average molecular weight is 318 g/mol. The average Bonchev–Trinajstić information content (AvgIpc) is 3.18. The third-order valence-electron chi connectivity index (χ3n) is 7.27. The van der Waals surface area contributed by atoms with Crippen molar-refractivity contribution in [1.82, 2.24) is 0 Å². The molecule has 0 aliphatic heterocycles. The van der Waals surface area contributed by atoms with Gasteiger partial charge in [0.05, 0.1) is 6.61 Å². The molecule has 4 saturated carbocycles. The highest BCUT2D eigenvalue weighted by Crippen LogP contribution is 2.68. The van der Waals surface area contributed by atoms with Crippen LogP contribution in [0.1, 0.15) is 39.0 Å². The molecule has 0 saturated heterocycles. The van der Waals surface area contributed by atoms with Gasteiger partial charge in [0.15, 0.2) is 0 Å². The summed E-state index contributed by atoms with van der Waals surface area (Å²) in [6.45, 7) is 5.35. The first kappa shape index (κ1) is 15.4. The van der Waals surface area contributed by atoms with Crippen molar-refractivity contribution >= 4 is 12.3 Å². The normalized spacial score (nSPS) is 49.7. The lowest BCUT2D eigenvalue weighted by molar-refractivity contribution is -0.148. The third-order valence-corrected chi connectivity index (χ3v) is 7.27. The van der Waals surface area contributed by atoms with Crippen LogP contribution >= 0.6 is 0 Å². The van der Waals surface area contributed by atoms with E-state index < -0.39 is 5.41 Å². The molecule has 4 bridgehead atoms. The van der Waals surface area contributed by atoms with Crippen LogP contribution in [0.15, 0.2) is 12.2 Å². The largest absolute Gasteiger partial charge is 0.459 e. The van der Waals surface area contributed by atoms with Crippen molar-refractivity contribution < 1.29 is 19.4 Å². The topological polar surface area (TPSA) is 63.6 Å². The molecule has 8 atom stereocenters. The summed E-state index contributed by atoms with van der Waals surface area (Å²) >= 11 is 0. The van der Waals surface area contributed by atoms with Crippen LogP contribution in [0.5, 0.6) is 0 Å². The molecular formula is C19H26O4. The van der Waals surface area contributed by atoms with Crippen molar-refractivity contribution in [2.45, 2.75) is 45.1 Å². The molecule has 4 rings (SSSR count). The summed E-state index contributed by atoms with van der Waals surface area (Å²) in [5, 5.41) is 9.74. The number of hydrogen-bond acceptors (Lipinski definition) is 4. The van der Waals surface area contributed by atoms with E-state index in [1.807, 2.05) is 0 Å². The van der Waals surface area contributed by atoms with Crippen LogP contribution in [0.2, 0.25) is 0 Å². The van der Waals surface area contributed by atoms with Gasteiger partial charge in [-0.05, 0) is 74.5 Å². The first-order chi connectivity index (χ1) is 11.0. The van der Waals surface area contributed by atoms with E-state index in [9.17, 15) is 14.7 Å². The fraction of sp³-hybridized carbons (Fsp3) is 0.789. The number of aliphatic hydroxyl groups excluding tert-OH is 1. The Balaban J connectivity index is 1.54. The molecule has 0 spiro atoms. The minimum absolute atomic E-state index is 0.0215. The number of fused-ring (bicyclic) bond motifs is 9. The lowest BCUT2D eigenvalue weighted by Gasteiger charge is -2.36. The van der Waals surface area contributed by atoms with Gasteiger partial charge in [-0.3, -0.25) is 0 Å². The second-order valence-electron chi connectivity index (χ2n) is 8.58. The molecule has 126 valence electrons. The van der Waals surface area contributed by atoms with Crippen molar-refractivity contribution in [3.8, 4) is 0 Å². The molecule has 23 heavy (non-hydrogen) atoms. The molecule has 4 aliphatic carbocycles. The van der Waals surface area contributed by atoms with Gasteiger partial charge in [0.1, 0.15) is 12.4 Å². The monoisotopic (exact) mass is 318 g/mol. The van der Waals surface area contributed by atoms with Gasteiger partial charge < -0.3 is 14.6 Å². The van der Waals surface area contributed by atoms with Gasteiger partial charge in [0.25, 0.3) is 0 Å². The van der Waals surface area contributed by atoms with Gasteiger partial charge in [-0.15, -0.1) is 0 Å². The maximum absolute atomic E-state index is 11.9. The van der Waals surface area contributed by atoms with Gasteiger partial charge >= 0.3 is 5.97 Å². The minimum Gasteiger partial charge on any atom is -0.459 e. The minimum atomic E-state index is -0.513. The third kappa shape index (κ3) is 2.14. The molecule has 4 nitrogen and oxygen atoms in total. The Labute approximate surface area is 137 Å². The Hall–Kier alpha value is -1.16. The van der Waals surface area contributed by atoms with Crippen LogP contribution in [0, 0.1) is 40.9 Å². The van der Waals surface area contributed by atoms with E-state index in [1.54, 1.807) is 6.92 Å². The van der Waals surface area contributed by atoms with Crippen molar-refractivity contribution in [2.24, 2.45) is 40.9 Å². The highest BCUT2D eigenvalue weighted by atomic mass is 16.5. The van der Waals surface area contributed by atoms with Crippen molar-refractivity contribution in [2.75, 3.05) is 6.61 Å². The molecule has 0 amide bonds. The molecule has 8 unspecified atom stereocenters. The zero-order chi connectivity index (χ0) is 16.4. The van der Waals surface area contributed by atoms with Crippen LogP contribution in [-0.4, -0.2) is 30.1 Å². The highest BCUT2D eigenvalue weighted by Gasteiger charge is 2.64. The standard InChI is InChI=1S/C19H26O4/c1-10(2)18(22)23-15-5-11-4-14(15)17-13-3-12(16(11)17)6-19(7-13,8-20)9-21/h8,11-17,21H,1,3-7,9H2,2H3. The van der Waals surface area contributed by atoms with Crippen LogP contribution in [0.25, 0.3) is 0 Å². The number of ether oxygens (including phenoxy) is 1. The van der Waals surface area contributed by atoms with E-state index in [1.165, 1.54) is 12.8 Å². The second kappa shape index (κ2) is 5.17. The number of esters is 1. The first-order valence-corrected chi connectivity index (χ1v) is 8.91. The number of rotatable bonds is 4. The predicted octanol–water partition coefficient (Wildman–Crippen LogP) is 2.35. The molecular weight excluding hydrogens is 292 g/mol. The Kier molecular flexibility index (Phi) is 3.45. The van der Waals surface area contributed by atoms with Gasteiger partial charge in [0, 0.05) is 11.0 Å².